The minimum atomic E-state index is 0.0799. The third kappa shape index (κ3) is 3.97. The fraction of sp³-hybridized carbons (Fsp3) is 0.444. The van der Waals surface area contributed by atoms with Crippen molar-refractivity contribution >= 4 is 5.91 Å². The van der Waals surface area contributed by atoms with E-state index in [-0.39, 0.29) is 12.3 Å². The second-order valence-electron chi connectivity index (χ2n) is 5.85. The van der Waals surface area contributed by atoms with Crippen LogP contribution in [0.2, 0.25) is 0 Å². The topological polar surface area (TPSA) is 46.3 Å². The second kappa shape index (κ2) is 7.25. The molecule has 0 aliphatic heterocycles. The minimum Gasteiger partial charge on any atom is -0.441 e. The number of likely N-dealkylation sites (N-methyl/N-ethyl adjacent to an activating group) is 1. The first-order chi connectivity index (χ1) is 10.5. The monoisotopic (exact) mass is 300 g/mol. The summed E-state index contributed by atoms with van der Waals surface area (Å²) in [6, 6.07) is 9.74. The lowest BCUT2D eigenvalue weighted by atomic mass is 10.1. The molecule has 1 heterocycles. The molecular weight excluding hydrogens is 276 g/mol. The molecule has 0 aliphatic carbocycles. The molecule has 118 valence electrons. The molecule has 1 aromatic heterocycles. The number of carbonyl (C=O) groups excluding carboxylic acids is 1. The van der Waals surface area contributed by atoms with Crippen LogP contribution in [-0.4, -0.2) is 29.4 Å². The second-order valence-corrected chi connectivity index (χ2v) is 5.85. The lowest BCUT2D eigenvalue weighted by Crippen LogP contribution is -2.32. The van der Waals surface area contributed by atoms with Crippen LogP contribution in [0.4, 0.5) is 0 Å². The smallest absolute Gasteiger partial charge is 0.228 e. The highest BCUT2D eigenvalue weighted by atomic mass is 16.4. The molecule has 4 heteroatoms. The summed E-state index contributed by atoms with van der Waals surface area (Å²) < 4.78 is 5.70. The van der Waals surface area contributed by atoms with E-state index in [0.717, 1.165) is 24.2 Å². The molecule has 0 bridgehead atoms. The number of amides is 1. The average Bonchev–Trinajstić information content (AvgIpc) is 2.89. The van der Waals surface area contributed by atoms with Gasteiger partial charge in [0.25, 0.3) is 0 Å². The normalized spacial score (nSPS) is 12.2. The Kier molecular flexibility index (Phi) is 5.36. The first-order valence-electron chi connectivity index (χ1n) is 7.77. The van der Waals surface area contributed by atoms with Crippen molar-refractivity contribution < 1.29 is 9.21 Å². The van der Waals surface area contributed by atoms with Crippen molar-refractivity contribution in [3.8, 4) is 11.5 Å². The van der Waals surface area contributed by atoms with Gasteiger partial charge in [-0.05, 0) is 25.0 Å². The maximum atomic E-state index is 12.3. The van der Waals surface area contributed by atoms with Crippen molar-refractivity contribution in [3.63, 3.8) is 0 Å². The molecule has 0 saturated heterocycles. The fourth-order valence-corrected chi connectivity index (χ4v) is 2.27. The number of benzene rings is 1. The minimum absolute atomic E-state index is 0.0799. The van der Waals surface area contributed by atoms with Gasteiger partial charge in [0.2, 0.25) is 11.8 Å². The van der Waals surface area contributed by atoms with Crippen LogP contribution in [-0.2, 0) is 11.2 Å². The third-order valence-electron chi connectivity index (χ3n) is 3.94. The fourth-order valence-electron chi connectivity index (χ4n) is 2.27. The summed E-state index contributed by atoms with van der Waals surface area (Å²) in [5.74, 6) is 1.87. The Bertz CT molecular complexity index is 619. The van der Waals surface area contributed by atoms with Crippen molar-refractivity contribution in [2.24, 2.45) is 5.92 Å². The van der Waals surface area contributed by atoms with Gasteiger partial charge in [-0.2, -0.15) is 0 Å². The highest BCUT2D eigenvalue weighted by Gasteiger charge is 2.17. The molecule has 0 saturated carbocycles. The van der Waals surface area contributed by atoms with Gasteiger partial charge in [0.1, 0.15) is 5.76 Å². The zero-order valence-corrected chi connectivity index (χ0v) is 13.8. The van der Waals surface area contributed by atoms with Crippen LogP contribution in [0.1, 0.15) is 31.7 Å². The predicted molar refractivity (Wildman–Crippen MR) is 87.5 cm³/mol. The number of aromatic nitrogens is 1. The predicted octanol–water partition coefficient (Wildman–Crippen LogP) is 3.70. The number of hydrogen-bond acceptors (Lipinski definition) is 3. The molecule has 22 heavy (non-hydrogen) atoms. The third-order valence-corrected chi connectivity index (χ3v) is 3.94. The quantitative estimate of drug-likeness (QED) is 0.817. The van der Waals surface area contributed by atoms with Gasteiger partial charge < -0.3 is 9.32 Å². The van der Waals surface area contributed by atoms with Gasteiger partial charge in [-0.15, -0.1) is 0 Å². The summed E-state index contributed by atoms with van der Waals surface area (Å²) in [5.41, 5.74) is 1.65. The van der Waals surface area contributed by atoms with Crippen molar-refractivity contribution in [1.29, 1.82) is 0 Å². The number of hydrogen-bond donors (Lipinski definition) is 0. The van der Waals surface area contributed by atoms with E-state index in [2.05, 4.69) is 18.8 Å². The molecule has 1 unspecified atom stereocenters. The van der Waals surface area contributed by atoms with Gasteiger partial charge in [0.15, 0.2) is 0 Å². The van der Waals surface area contributed by atoms with E-state index in [9.17, 15) is 4.79 Å². The van der Waals surface area contributed by atoms with Crippen molar-refractivity contribution in [1.82, 2.24) is 9.88 Å². The van der Waals surface area contributed by atoms with E-state index in [1.165, 1.54) is 0 Å². The van der Waals surface area contributed by atoms with Gasteiger partial charge >= 0.3 is 0 Å². The summed E-state index contributed by atoms with van der Waals surface area (Å²) in [4.78, 5) is 18.6. The van der Waals surface area contributed by atoms with E-state index in [0.29, 0.717) is 17.6 Å². The summed E-state index contributed by atoms with van der Waals surface area (Å²) in [5, 5.41) is 0. The van der Waals surface area contributed by atoms with Gasteiger partial charge in [-0.25, -0.2) is 4.98 Å². The first kappa shape index (κ1) is 16.3. The zero-order valence-electron chi connectivity index (χ0n) is 13.8. The molecule has 2 rings (SSSR count). The van der Waals surface area contributed by atoms with Crippen LogP contribution >= 0.6 is 0 Å². The molecule has 0 fully saturated rings. The Morgan fingerprint density at radius 3 is 2.64 bits per heavy atom. The number of carbonyl (C=O) groups is 1. The number of nitrogens with zero attached hydrogens (tertiary/aromatic N) is 2. The lowest BCUT2D eigenvalue weighted by molar-refractivity contribution is -0.129. The molecule has 0 radical (unpaired) electrons. The van der Waals surface area contributed by atoms with Crippen LogP contribution in [0.25, 0.3) is 11.5 Å². The van der Waals surface area contributed by atoms with Crippen molar-refractivity contribution in [3.05, 3.63) is 41.8 Å². The maximum Gasteiger partial charge on any atom is 0.228 e. The van der Waals surface area contributed by atoms with E-state index < -0.39 is 0 Å². The number of rotatable bonds is 6. The first-order valence-corrected chi connectivity index (χ1v) is 7.77. The molecular formula is C18H24N2O2. The van der Waals surface area contributed by atoms with Gasteiger partial charge in [0, 0.05) is 19.2 Å². The van der Waals surface area contributed by atoms with Crippen LogP contribution in [0.3, 0.4) is 0 Å². The lowest BCUT2D eigenvalue weighted by Gasteiger charge is -2.20. The molecule has 1 atom stereocenters. The van der Waals surface area contributed by atoms with Gasteiger partial charge in [0.05, 0.1) is 12.1 Å². The average molecular weight is 300 g/mol. The molecule has 0 N–H and O–H groups in total. The Labute approximate surface area is 132 Å². The summed E-state index contributed by atoms with van der Waals surface area (Å²) >= 11 is 0. The number of aryl methyl sites for hydroxylation is 1. The van der Waals surface area contributed by atoms with Crippen LogP contribution in [0.5, 0.6) is 0 Å². The Balaban J connectivity index is 2.07. The summed E-state index contributed by atoms with van der Waals surface area (Å²) in [7, 11) is 1.85. The Hall–Kier alpha value is -2.10. The van der Waals surface area contributed by atoms with E-state index in [4.69, 9.17) is 4.42 Å². The molecule has 2 aromatic rings. The number of oxazole rings is 1. The van der Waals surface area contributed by atoms with Crippen molar-refractivity contribution in [2.45, 2.75) is 33.6 Å². The van der Waals surface area contributed by atoms with Crippen LogP contribution in [0, 0.1) is 12.8 Å². The Morgan fingerprint density at radius 2 is 2.00 bits per heavy atom. The van der Waals surface area contributed by atoms with Gasteiger partial charge in [-0.1, -0.05) is 38.5 Å². The van der Waals surface area contributed by atoms with Crippen LogP contribution in [0.15, 0.2) is 34.7 Å². The standard InChI is InChI=1S/C18H24N2O2/c1-5-13(2)12-20(4)17(21)11-16-14(3)22-18(19-16)15-9-7-6-8-10-15/h6-10,13H,5,11-12H2,1-4H3. The maximum absolute atomic E-state index is 12.3. The summed E-state index contributed by atoms with van der Waals surface area (Å²) in [6.45, 7) is 6.92. The largest absolute Gasteiger partial charge is 0.441 e. The Morgan fingerprint density at radius 1 is 1.32 bits per heavy atom. The van der Waals surface area contributed by atoms with Crippen LogP contribution < -0.4 is 0 Å². The summed E-state index contributed by atoms with van der Waals surface area (Å²) in [6.07, 6.45) is 1.36. The highest BCUT2D eigenvalue weighted by Crippen LogP contribution is 2.22. The van der Waals surface area contributed by atoms with E-state index >= 15 is 0 Å². The molecule has 4 nitrogen and oxygen atoms in total. The highest BCUT2D eigenvalue weighted by molar-refractivity contribution is 5.78. The molecule has 0 aliphatic rings. The molecule has 0 spiro atoms. The van der Waals surface area contributed by atoms with E-state index in [1.54, 1.807) is 4.90 Å². The SMILES string of the molecule is CCC(C)CN(C)C(=O)Cc1nc(-c2ccccc2)oc1C. The zero-order chi connectivity index (χ0) is 16.1. The molecule has 1 amide bonds. The van der Waals surface area contributed by atoms with Crippen molar-refractivity contribution in [2.75, 3.05) is 13.6 Å². The van der Waals surface area contributed by atoms with E-state index in [1.807, 2.05) is 44.3 Å². The van der Waals surface area contributed by atoms with Gasteiger partial charge in [-0.3, -0.25) is 4.79 Å². The molecule has 1 aromatic carbocycles.